The van der Waals surface area contributed by atoms with Gasteiger partial charge in [-0.3, -0.25) is 0 Å². The smallest absolute Gasteiger partial charge is 0.159 e. The van der Waals surface area contributed by atoms with Crippen molar-refractivity contribution in [2.75, 3.05) is 26.4 Å². The molecule has 0 saturated heterocycles. The molecule has 0 aliphatic carbocycles. The summed E-state index contributed by atoms with van der Waals surface area (Å²) >= 11 is 24.0. The molecule has 0 atom stereocenters. The zero-order valence-electron chi connectivity index (χ0n) is 66.3. The fraction of sp³-hybridized carbons (Fsp3) is 0.955. The largest absolute Gasteiger partial charge is 0.486 e. The average Bonchev–Trinajstić information content (AvgIpc) is 1.05. The first-order valence-corrected chi connectivity index (χ1v) is 46.1. The van der Waals surface area contributed by atoms with E-state index < -0.39 is 5.41 Å². The molecule has 8 heteroatoms. The zero-order chi connectivity index (χ0) is 70.2. The van der Waals surface area contributed by atoms with Crippen molar-refractivity contribution in [3.63, 3.8) is 0 Å². The van der Waals surface area contributed by atoms with E-state index in [4.69, 9.17) is 67.8 Å². The molecule has 0 aliphatic heterocycles. The molecule has 0 aromatic carbocycles. The standard InChI is InChI=1S/C89H172O4S4/c1-5-9-13-17-21-25-29-33-37-41-45-49-53-57-61-65-69-73-77-85(94)90-81-89(82-91-86(95)78-74-70-66-62-58-54-50-46-42-38-34-30-26-22-18-14-10-6-2,83-92-87(96)79-75-71-67-63-59-55-51-47-43-39-35-31-27-23-19-15-11-7-3)84-93-88(97)80-76-72-68-64-60-56-52-48-44-40-36-32-28-24-20-16-12-8-4/h5-84H2,1-4H3. The highest BCUT2D eigenvalue weighted by Crippen LogP contribution is 2.26. The molecule has 4 nitrogen and oxygen atoms in total. The first kappa shape index (κ1) is 96.6. The highest BCUT2D eigenvalue weighted by molar-refractivity contribution is 7.80. The molecule has 0 aromatic rings. The Morgan fingerprint density at radius 2 is 0.247 bits per heavy atom. The lowest BCUT2D eigenvalue weighted by Gasteiger charge is -2.33. The lowest BCUT2D eigenvalue weighted by molar-refractivity contribution is -0.0163. The summed E-state index contributed by atoms with van der Waals surface area (Å²) in [6, 6.07) is 0. The Labute approximate surface area is 631 Å². The van der Waals surface area contributed by atoms with E-state index in [1.54, 1.807) is 0 Å². The normalized spacial score (nSPS) is 11.7. The maximum Gasteiger partial charge on any atom is 0.159 e. The van der Waals surface area contributed by atoms with Crippen LogP contribution < -0.4 is 0 Å². The van der Waals surface area contributed by atoms with E-state index in [2.05, 4.69) is 27.7 Å². The predicted octanol–water partition coefficient (Wildman–Crippen LogP) is 33.1. The van der Waals surface area contributed by atoms with E-state index in [-0.39, 0.29) is 0 Å². The number of rotatable bonds is 84. The number of thiocarbonyl (C=S) groups is 4. The van der Waals surface area contributed by atoms with E-state index >= 15 is 0 Å². The second kappa shape index (κ2) is 82.8. The van der Waals surface area contributed by atoms with E-state index in [1.807, 2.05) is 0 Å². The number of ether oxygens (including phenoxy) is 4. The molecule has 0 spiro atoms. The third kappa shape index (κ3) is 78.0. The van der Waals surface area contributed by atoms with Gasteiger partial charge in [-0.15, -0.1) is 0 Å². The third-order valence-electron chi connectivity index (χ3n) is 21.1. The third-order valence-corrected chi connectivity index (χ3v) is 22.4. The Hall–Kier alpha value is -0.440. The van der Waals surface area contributed by atoms with Crippen LogP contribution in [0.3, 0.4) is 0 Å². The van der Waals surface area contributed by atoms with Crippen LogP contribution in [0.15, 0.2) is 0 Å². The van der Waals surface area contributed by atoms with Gasteiger partial charge in [-0.1, -0.05) is 464 Å². The number of hydrogen-bond donors (Lipinski definition) is 0. The van der Waals surface area contributed by atoms with E-state index in [9.17, 15) is 0 Å². The molecule has 0 saturated carbocycles. The molecule has 0 aliphatic rings. The number of hydrogen-bond acceptors (Lipinski definition) is 8. The van der Waals surface area contributed by atoms with Crippen LogP contribution in [-0.4, -0.2) is 46.6 Å². The van der Waals surface area contributed by atoms with Crippen LogP contribution in [-0.2, 0) is 18.9 Å². The van der Waals surface area contributed by atoms with Crippen LogP contribution in [0, 0.1) is 5.41 Å². The van der Waals surface area contributed by atoms with E-state index in [1.165, 1.54) is 437 Å². The van der Waals surface area contributed by atoms with Crippen molar-refractivity contribution >= 4 is 69.1 Å². The van der Waals surface area contributed by atoms with Crippen molar-refractivity contribution in [3.05, 3.63) is 0 Å². The van der Waals surface area contributed by atoms with Crippen LogP contribution in [0.1, 0.15) is 516 Å². The minimum Gasteiger partial charge on any atom is -0.486 e. The monoisotopic (exact) mass is 1430 g/mol. The highest BCUT2D eigenvalue weighted by atomic mass is 32.1. The van der Waals surface area contributed by atoms with Gasteiger partial charge in [0.05, 0.1) is 0 Å². The average molecular weight is 1430 g/mol. The quantitative estimate of drug-likeness (QED) is 0.0441. The molecule has 97 heavy (non-hydrogen) atoms. The zero-order valence-corrected chi connectivity index (χ0v) is 69.6. The van der Waals surface area contributed by atoms with Gasteiger partial charge in [-0.2, -0.15) is 0 Å². The molecule has 0 N–H and O–H groups in total. The Balaban J connectivity index is 5.38. The molecule has 0 rings (SSSR count). The summed E-state index contributed by atoms with van der Waals surface area (Å²) in [5.74, 6) is 0. The molecular weight excluding hydrogens is 1260 g/mol. The molecule has 0 bridgehead atoms. The Bertz CT molecular complexity index is 1360. The molecule has 0 amide bonds. The van der Waals surface area contributed by atoms with Gasteiger partial charge in [0, 0.05) is 25.7 Å². The molecule has 0 aromatic heterocycles. The van der Waals surface area contributed by atoms with Crippen LogP contribution in [0.2, 0.25) is 0 Å². The lowest BCUT2D eigenvalue weighted by atomic mass is 9.92. The molecule has 0 unspecified atom stereocenters. The van der Waals surface area contributed by atoms with Gasteiger partial charge in [0.25, 0.3) is 0 Å². The van der Waals surface area contributed by atoms with Gasteiger partial charge in [0.15, 0.2) is 20.2 Å². The van der Waals surface area contributed by atoms with Gasteiger partial charge < -0.3 is 18.9 Å². The fourth-order valence-corrected chi connectivity index (χ4v) is 15.0. The topological polar surface area (TPSA) is 36.9 Å². The number of unbranched alkanes of at least 4 members (excludes halogenated alkanes) is 68. The highest BCUT2D eigenvalue weighted by Gasteiger charge is 2.37. The summed E-state index contributed by atoms with van der Waals surface area (Å²) in [5, 5.41) is 2.69. The van der Waals surface area contributed by atoms with Gasteiger partial charge in [0.1, 0.15) is 31.8 Å². The maximum absolute atomic E-state index is 6.60. The lowest BCUT2D eigenvalue weighted by Crippen LogP contribution is -2.43. The van der Waals surface area contributed by atoms with Crippen LogP contribution in [0.5, 0.6) is 0 Å². The Morgan fingerprint density at radius 1 is 0.155 bits per heavy atom. The molecule has 0 fully saturated rings. The van der Waals surface area contributed by atoms with Crippen molar-refractivity contribution in [1.82, 2.24) is 0 Å². The summed E-state index contributed by atoms with van der Waals surface area (Å²) < 4.78 is 26.4. The van der Waals surface area contributed by atoms with Crippen molar-refractivity contribution in [2.45, 2.75) is 516 Å². The van der Waals surface area contributed by atoms with Gasteiger partial charge in [-0.05, 0) is 74.6 Å². The fourth-order valence-electron chi connectivity index (χ4n) is 14.2. The summed E-state index contributed by atoms with van der Waals surface area (Å²) in [6.45, 7) is 10.5. The van der Waals surface area contributed by atoms with Crippen molar-refractivity contribution in [2.24, 2.45) is 5.41 Å². The van der Waals surface area contributed by atoms with Crippen LogP contribution >= 0.6 is 48.9 Å². The van der Waals surface area contributed by atoms with Crippen LogP contribution in [0.4, 0.5) is 0 Å². The van der Waals surface area contributed by atoms with E-state index in [0.29, 0.717) is 46.6 Å². The summed E-state index contributed by atoms with van der Waals surface area (Å²) in [6.07, 6.45) is 102. The SMILES string of the molecule is CCCCCCCCCCCCCCCCCCCCC(=S)OCC(COC(=S)CCCCCCCCCCCCCCCCCCCC)(COC(=S)CCCCCCCCCCCCCCCCCCCC)COC(=S)CCCCCCCCCCCCCCCCCCCC. The summed E-state index contributed by atoms with van der Waals surface area (Å²) in [4.78, 5) is 0. The summed E-state index contributed by atoms with van der Waals surface area (Å²) in [5.41, 5.74) is -0.675. The van der Waals surface area contributed by atoms with Crippen molar-refractivity contribution in [1.29, 1.82) is 0 Å². The maximum atomic E-state index is 6.60. The minimum absolute atomic E-state index is 0.330. The predicted molar refractivity (Wildman–Crippen MR) is 450 cm³/mol. The first-order chi connectivity index (χ1) is 47.8. The molecule has 576 valence electrons. The van der Waals surface area contributed by atoms with Gasteiger partial charge in [0.2, 0.25) is 0 Å². The Kier molecular flexibility index (Phi) is 82.5. The first-order valence-electron chi connectivity index (χ1n) is 44.4. The molecule has 0 heterocycles. The second-order valence-corrected chi connectivity index (χ2v) is 33.0. The Morgan fingerprint density at radius 3 is 0.351 bits per heavy atom. The second-order valence-electron chi connectivity index (χ2n) is 31.2. The van der Waals surface area contributed by atoms with Gasteiger partial charge in [-0.25, -0.2) is 0 Å². The summed E-state index contributed by atoms with van der Waals surface area (Å²) in [7, 11) is 0. The molecule has 0 radical (unpaired) electrons. The van der Waals surface area contributed by atoms with Crippen molar-refractivity contribution < 1.29 is 18.9 Å². The minimum atomic E-state index is -0.675. The van der Waals surface area contributed by atoms with Crippen molar-refractivity contribution in [3.8, 4) is 0 Å². The van der Waals surface area contributed by atoms with Gasteiger partial charge >= 0.3 is 0 Å². The molecular formula is C89H172O4S4. The van der Waals surface area contributed by atoms with E-state index in [0.717, 1.165) is 51.4 Å². The van der Waals surface area contributed by atoms with Crippen LogP contribution in [0.25, 0.3) is 0 Å².